The number of hydrogen-bond acceptors (Lipinski definition) is 25. The van der Waals surface area contributed by atoms with Gasteiger partial charge in [0.2, 0.25) is 0 Å². The fraction of sp³-hybridized carbons (Fsp3) is 0.877. The molecule has 8 fully saturated rings. The Kier molecular flexibility index (Phi) is 20.3. The van der Waals surface area contributed by atoms with Crippen molar-refractivity contribution in [1.29, 1.82) is 0 Å². The molecule has 4 aliphatic carbocycles. The van der Waals surface area contributed by atoms with Crippen LogP contribution in [0, 0.1) is 28.6 Å². The molecule has 0 radical (unpaired) electrons. The Labute approximate surface area is 478 Å². The van der Waals surface area contributed by atoms with E-state index in [1.807, 2.05) is 6.92 Å². The molecule has 0 amide bonds. The largest absolute Gasteiger partial charge is 0.455 e. The summed E-state index contributed by atoms with van der Waals surface area (Å²) >= 11 is 0. The zero-order valence-corrected chi connectivity index (χ0v) is 48.8. The van der Waals surface area contributed by atoms with E-state index in [4.69, 9.17) is 56.8 Å². The van der Waals surface area contributed by atoms with Crippen molar-refractivity contribution in [3.63, 3.8) is 0 Å². The van der Waals surface area contributed by atoms with Crippen LogP contribution in [0.4, 0.5) is 0 Å². The van der Waals surface area contributed by atoms with E-state index in [0.29, 0.717) is 31.3 Å². The summed E-state index contributed by atoms with van der Waals surface area (Å²) in [6.07, 6.45) is -23.3. The van der Waals surface area contributed by atoms with Gasteiger partial charge in [-0.1, -0.05) is 26.0 Å². The Morgan fingerprint density at radius 2 is 1.16 bits per heavy atom. The van der Waals surface area contributed by atoms with Crippen molar-refractivity contribution in [3.8, 4) is 0 Å². The topological polar surface area (TPSA) is 364 Å². The van der Waals surface area contributed by atoms with Crippen LogP contribution in [-0.2, 0) is 71.2 Å². The number of aliphatic hydroxyl groups is 10. The predicted octanol–water partition coefficient (Wildman–Crippen LogP) is -0.510. The average molecular weight is 1180 g/mol. The molecule has 29 atom stereocenters. The number of methoxy groups -OCH3 is 2. The smallest absolute Gasteiger partial charge is 0.333 e. The van der Waals surface area contributed by atoms with Crippen LogP contribution in [-0.4, -0.2) is 242 Å². The standard InChI is InChI=1S/C57H90O25/c1-12-24(3)49(67)78-46-47-54(8)17-15-30(20-29(54)14-18-56(47,69)57(70)19-16-31(26(5)60)55(57,9)48(46)82-50(68)25(4)13-2)75-35-21-32(71-10)42(27(6)73-35)79-53-41(66)45(72-11)43(28(7)74-53)80-52-40(65)38(63)44(34(23-59)77-52)81-51-39(64)37(62)36(61)33(22-58)76-51/h12-13,27-48,51-53,58-59,61-66,69-70H,14-23H2,1-11H3/b24-12+,25-13+/t27?,28?,29-,30-,31+,32+,33?,34?,35-,36+,37-,38+,39?,40?,41?,42+,43+,44+,45+,46-,47+,48+,51-,52-,53-,54-,55-,56-,57+/m0/s1. The van der Waals surface area contributed by atoms with Crippen molar-refractivity contribution in [2.75, 3.05) is 27.4 Å². The SMILES string of the molecule is C/C=C(\C)C(=O)O[C@@H]1[C@@H](OC(=O)/C(C)=C/C)[C@]2(C)[C@@H](C(C)=O)CC[C@]2(O)[C@]2(O)CC[C@H]3C[C@@H](O[C@H]4C[C@@H](OC)[C@H](O[C@@H]5OC(C)[C@@H](O[C@@H]6OC(CO)[C@@H](O[C@@H]7OC(CO)[C@@H](O)[C@H](O)C7O)[C@H](O)C6O)[C@H](OC)C5O)C(C)O4)CC[C@]3(C)[C@@H]12. The summed E-state index contributed by atoms with van der Waals surface area (Å²) in [6.45, 7) is 13.5. The quantitative estimate of drug-likeness (QED) is 0.0498. The van der Waals surface area contributed by atoms with Crippen LogP contribution in [0.5, 0.6) is 0 Å². The summed E-state index contributed by atoms with van der Waals surface area (Å²) in [7, 11) is 2.82. The third-order valence-corrected chi connectivity index (χ3v) is 20.2. The Balaban J connectivity index is 0.930. The van der Waals surface area contributed by atoms with E-state index < -0.39 is 188 Å². The maximum atomic E-state index is 14.0. The lowest BCUT2D eigenvalue weighted by molar-refractivity contribution is -0.384. The summed E-state index contributed by atoms with van der Waals surface area (Å²) in [5.74, 6) is -3.51. The van der Waals surface area contributed by atoms with Crippen molar-refractivity contribution in [2.24, 2.45) is 28.6 Å². The minimum absolute atomic E-state index is 0.0626. The molecule has 0 aromatic rings. The first-order valence-electron chi connectivity index (χ1n) is 28.9. The molecule has 82 heavy (non-hydrogen) atoms. The second-order valence-corrected chi connectivity index (χ2v) is 24.5. The molecule has 0 spiro atoms. The van der Waals surface area contributed by atoms with Crippen LogP contribution in [0.25, 0.3) is 0 Å². The first-order chi connectivity index (χ1) is 38.6. The van der Waals surface area contributed by atoms with Gasteiger partial charge in [-0.05, 0) is 105 Å². The molecular weight excluding hydrogens is 1080 g/mol. The van der Waals surface area contributed by atoms with Gasteiger partial charge in [0.1, 0.15) is 102 Å². The average Bonchev–Trinajstić information content (AvgIpc) is 1.35. The van der Waals surface area contributed by atoms with Gasteiger partial charge in [-0.2, -0.15) is 0 Å². The lowest BCUT2D eigenvalue weighted by atomic mass is 9.39. The maximum absolute atomic E-state index is 14.0. The second kappa shape index (κ2) is 25.6. The molecule has 468 valence electrons. The highest BCUT2D eigenvalue weighted by molar-refractivity contribution is 5.89. The lowest BCUT2D eigenvalue weighted by Crippen LogP contribution is -2.81. The minimum atomic E-state index is -1.91. The van der Waals surface area contributed by atoms with E-state index in [2.05, 4.69) is 0 Å². The van der Waals surface area contributed by atoms with Crippen LogP contribution < -0.4 is 0 Å². The Bertz CT molecular complexity index is 2300. The van der Waals surface area contributed by atoms with Crippen molar-refractivity contribution in [3.05, 3.63) is 23.3 Å². The molecule has 4 saturated heterocycles. The number of hydrogen-bond donors (Lipinski definition) is 10. The summed E-state index contributed by atoms with van der Waals surface area (Å²) in [4.78, 5) is 41.3. The molecule has 4 saturated carbocycles. The highest BCUT2D eigenvalue weighted by Gasteiger charge is 2.81. The first kappa shape index (κ1) is 65.3. The van der Waals surface area contributed by atoms with Crippen LogP contribution in [0.15, 0.2) is 23.3 Å². The molecule has 8 rings (SSSR count). The number of aliphatic hydroxyl groups excluding tert-OH is 8. The van der Waals surface area contributed by atoms with Gasteiger partial charge >= 0.3 is 11.9 Å². The fourth-order valence-corrected chi connectivity index (χ4v) is 15.3. The number of fused-ring (bicyclic) bond motifs is 5. The highest BCUT2D eigenvalue weighted by Crippen LogP contribution is 2.72. The molecule has 7 unspecified atom stereocenters. The molecule has 10 N–H and O–H groups in total. The molecule has 0 bridgehead atoms. The van der Waals surface area contributed by atoms with E-state index in [1.54, 1.807) is 60.6 Å². The van der Waals surface area contributed by atoms with Gasteiger partial charge < -0.3 is 108 Å². The van der Waals surface area contributed by atoms with Gasteiger partial charge in [0.15, 0.2) is 25.2 Å². The van der Waals surface area contributed by atoms with Gasteiger partial charge in [-0.3, -0.25) is 4.79 Å². The molecule has 8 aliphatic rings. The predicted molar refractivity (Wildman–Crippen MR) is 280 cm³/mol. The van der Waals surface area contributed by atoms with Gasteiger partial charge in [-0.25, -0.2) is 9.59 Å². The summed E-state index contributed by atoms with van der Waals surface area (Å²) in [5, 5.41) is 112. The number of Topliss-reactive ketones (excluding diaryl/α,β-unsaturated/α-hetero) is 1. The third kappa shape index (κ3) is 11.3. The van der Waals surface area contributed by atoms with Crippen molar-refractivity contribution < 1.29 is 122 Å². The van der Waals surface area contributed by atoms with E-state index in [0.717, 1.165) is 0 Å². The molecule has 25 nitrogen and oxygen atoms in total. The zero-order valence-electron chi connectivity index (χ0n) is 48.8. The normalized spacial score (nSPS) is 49.9. The molecule has 0 aromatic heterocycles. The summed E-state index contributed by atoms with van der Waals surface area (Å²) in [5.41, 5.74) is -5.55. The molecule has 25 heteroatoms. The first-order valence-corrected chi connectivity index (χ1v) is 28.9. The number of carbonyl (C=O) groups is 3. The van der Waals surface area contributed by atoms with E-state index in [1.165, 1.54) is 21.1 Å². The zero-order chi connectivity index (χ0) is 60.3. The minimum Gasteiger partial charge on any atom is -0.455 e. The van der Waals surface area contributed by atoms with E-state index >= 15 is 0 Å². The highest BCUT2D eigenvalue weighted by atomic mass is 16.8. The van der Waals surface area contributed by atoms with Crippen LogP contribution in [0.2, 0.25) is 0 Å². The van der Waals surface area contributed by atoms with Gasteiger partial charge in [0.25, 0.3) is 0 Å². The van der Waals surface area contributed by atoms with Gasteiger partial charge in [-0.15, -0.1) is 0 Å². The van der Waals surface area contributed by atoms with E-state index in [9.17, 15) is 65.4 Å². The second-order valence-electron chi connectivity index (χ2n) is 24.5. The monoisotopic (exact) mass is 1170 g/mol. The number of ketones is 1. The molecule has 4 heterocycles. The summed E-state index contributed by atoms with van der Waals surface area (Å²) in [6, 6.07) is 0. The molecule has 4 aliphatic heterocycles. The lowest BCUT2D eigenvalue weighted by Gasteiger charge is -2.69. The van der Waals surface area contributed by atoms with Crippen LogP contribution >= 0.6 is 0 Å². The van der Waals surface area contributed by atoms with Crippen molar-refractivity contribution in [2.45, 2.75) is 260 Å². The Hall–Kier alpha value is -2.71. The fourth-order valence-electron chi connectivity index (χ4n) is 15.3. The van der Waals surface area contributed by atoms with Gasteiger partial charge in [0, 0.05) is 49.0 Å². The maximum Gasteiger partial charge on any atom is 0.333 e. The number of esters is 2. The number of rotatable bonds is 17. The summed E-state index contributed by atoms with van der Waals surface area (Å²) < 4.78 is 73.5. The van der Waals surface area contributed by atoms with Crippen molar-refractivity contribution >= 4 is 17.7 Å². The molecular formula is C57H90O25. The molecule has 0 aromatic carbocycles. The van der Waals surface area contributed by atoms with E-state index in [-0.39, 0.29) is 49.1 Å². The van der Waals surface area contributed by atoms with Crippen molar-refractivity contribution in [1.82, 2.24) is 0 Å². The van der Waals surface area contributed by atoms with Crippen LogP contribution in [0.3, 0.4) is 0 Å². The van der Waals surface area contributed by atoms with Gasteiger partial charge in [0.05, 0.1) is 37.6 Å². The van der Waals surface area contributed by atoms with Crippen LogP contribution in [0.1, 0.15) is 114 Å². The number of ether oxygens (including phenoxy) is 12. The third-order valence-electron chi connectivity index (χ3n) is 20.2. The number of carbonyl (C=O) groups excluding carboxylic acids is 3. The Morgan fingerprint density at radius 1 is 0.585 bits per heavy atom. The number of allylic oxidation sites excluding steroid dienone is 2. The Morgan fingerprint density at radius 3 is 1.76 bits per heavy atom.